The van der Waals surface area contributed by atoms with Gasteiger partial charge in [-0.1, -0.05) is 28.6 Å². The number of carbonyl (C=O) groups is 1. The quantitative estimate of drug-likeness (QED) is 0.485. The van der Waals surface area contributed by atoms with Crippen molar-refractivity contribution < 1.29 is 14.3 Å². The third-order valence-corrected chi connectivity index (χ3v) is 2.84. The van der Waals surface area contributed by atoms with Gasteiger partial charge in [0.2, 0.25) is 0 Å². The minimum atomic E-state index is -0.452. The molecule has 0 amide bonds. The van der Waals surface area contributed by atoms with Crippen LogP contribution in [0, 0.1) is 0 Å². The molecule has 0 atom stereocenters. The smallest absolute Gasteiger partial charge is 0.363 e. The SMILES string of the molecule is C=CCOc1ccc(Br)cc1/C=C1/N=C(C)OC1=O. The summed E-state index contributed by atoms with van der Waals surface area (Å²) in [5.41, 5.74) is 1.01. The average Bonchev–Trinajstić information content (AvgIpc) is 2.67. The van der Waals surface area contributed by atoms with Crippen LogP contribution in [0.15, 0.2) is 46.0 Å². The summed E-state index contributed by atoms with van der Waals surface area (Å²) in [7, 11) is 0. The minimum absolute atomic E-state index is 0.263. The van der Waals surface area contributed by atoms with E-state index in [9.17, 15) is 4.79 Å². The molecule has 0 bridgehead atoms. The zero-order chi connectivity index (χ0) is 13.8. The van der Waals surface area contributed by atoms with Gasteiger partial charge in [-0.2, -0.15) is 0 Å². The fraction of sp³-hybridized carbons (Fsp3) is 0.143. The summed E-state index contributed by atoms with van der Waals surface area (Å²) in [4.78, 5) is 15.6. The summed E-state index contributed by atoms with van der Waals surface area (Å²) in [6.07, 6.45) is 3.30. The summed E-state index contributed by atoms with van der Waals surface area (Å²) >= 11 is 3.38. The van der Waals surface area contributed by atoms with Crippen LogP contribution in [-0.2, 0) is 9.53 Å². The van der Waals surface area contributed by atoms with E-state index in [1.807, 2.05) is 18.2 Å². The number of halogens is 1. The van der Waals surface area contributed by atoms with Crippen molar-refractivity contribution >= 4 is 33.9 Å². The molecule has 0 N–H and O–H groups in total. The summed E-state index contributed by atoms with van der Waals surface area (Å²) < 4.78 is 11.3. The Bertz CT molecular complexity index is 590. The molecule has 0 fully saturated rings. The molecule has 0 unspecified atom stereocenters. The maximum atomic E-state index is 11.5. The molecule has 1 aliphatic rings. The van der Waals surface area contributed by atoms with E-state index in [1.54, 1.807) is 19.1 Å². The first-order chi connectivity index (χ1) is 9.10. The maximum Gasteiger partial charge on any atom is 0.363 e. The number of rotatable bonds is 4. The molecule has 1 aromatic rings. The summed E-state index contributed by atoms with van der Waals surface area (Å²) in [5.74, 6) is 0.551. The van der Waals surface area contributed by atoms with Gasteiger partial charge in [0.25, 0.3) is 0 Å². The molecule has 0 spiro atoms. The summed E-state index contributed by atoms with van der Waals surface area (Å²) in [5, 5.41) is 0. The second kappa shape index (κ2) is 5.84. The van der Waals surface area contributed by atoms with E-state index in [0.29, 0.717) is 18.3 Å². The van der Waals surface area contributed by atoms with Crippen LogP contribution in [-0.4, -0.2) is 18.5 Å². The Morgan fingerprint density at radius 3 is 2.95 bits per heavy atom. The van der Waals surface area contributed by atoms with Gasteiger partial charge in [-0.05, 0) is 24.3 Å². The molecular weight excluding hydrogens is 310 g/mol. The van der Waals surface area contributed by atoms with E-state index in [4.69, 9.17) is 9.47 Å². The van der Waals surface area contributed by atoms with E-state index in [1.165, 1.54) is 0 Å². The lowest BCUT2D eigenvalue weighted by molar-refractivity contribution is -0.130. The minimum Gasteiger partial charge on any atom is -0.489 e. The van der Waals surface area contributed by atoms with Crippen molar-refractivity contribution in [2.75, 3.05) is 6.61 Å². The molecular formula is C14H12BrNO3. The van der Waals surface area contributed by atoms with Crippen LogP contribution in [0.4, 0.5) is 0 Å². The lowest BCUT2D eigenvalue weighted by Gasteiger charge is -2.07. The van der Waals surface area contributed by atoms with Gasteiger partial charge in [-0.15, -0.1) is 0 Å². The number of nitrogens with zero attached hydrogens (tertiary/aromatic N) is 1. The average molecular weight is 322 g/mol. The normalized spacial score (nSPS) is 16.2. The zero-order valence-electron chi connectivity index (χ0n) is 10.4. The first kappa shape index (κ1) is 13.5. The standard InChI is InChI=1S/C14H12BrNO3/c1-3-6-18-13-5-4-11(15)7-10(13)8-12-14(17)19-9(2)16-12/h3-5,7-8H,1,6H2,2H3/b12-8+. The highest BCUT2D eigenvalue weighted by molar-refractivity contribution is 9.10. The highest BCUT2D eigenvalue weighted by Gasteiger charge is 2.20. The van der Waals surface area contributed by atoms with Gasteiger partial charge in [0.15, 0.2) is 11.6 Å². The molecule has 1 heterocycles. The van der Waals surface area contributed by atoms with E-state index >= 15 is 0 Å². The van der Waals surface area contributed by atoms with Gasteiger partial charge < -0.3 is 9.47 Å². The lowest BCUT2D eigenvalue weighted by atomic mass is 10.1. The molecule has 0 saturated heterocycles. The van der Waals surface area contributed by atoms with E-state index in [2.05, 4.69) is 27.5 Å². The van der Waals surface area contributed by atoms with Crippen molar-refractivity contribution in [1.82, 2.24) is 0 Å². The molecule has 0 aliphatic carbocycles. The van der Waals surface area contributed by atoms with Crippen molar-refractivity contribution in [3.05, 3.63) is 46.6 Å². The molecule has 0 saturated carbocycles. The first-order valence-corrected chi connectivity index (χ1v) is 6.42. The summed E-state index contributed by atoms with van der Waals surface area (Å²) in [6.45, 7) is 5.63. The van der Waals surface area contributed by atoms with Crippen molar-refractivity contribution in [3.63, 3.8) is 0 Å². The number of esters is 1. The number of hydrogen-bond donors (Lipinski definition) is 0. The molecule has 2 rings (SSSR count). The second-order valence-corrected chi connectivity index (χ2v) is 4.75. The Morgan fingerprint density at radius 2 is 2.32 bits per heavy atom. The van der Waals surface area contributed by atoms with Gasteiger partial charge in [0, 0.05) is 17.0 Å². The van der Waals surface area contributed by atoms with Crippen LogP contribution >= 0.6 is 15.9 Å². The van der Waals surface area contributed by atoms with Crippen LogP contribution < -0.4 is 4.74 Å². The number of carbonyl (C=O) groups excluding carboxylic acids is 1. The molecule has 1 aliphatic heterocycles. The van der Waals surface area contributed by atoms with Gasteiger partial charge in [0.05, 0.1) is 0 Å². The van der Waals surface area contributed by atoms with Crippen molar-refractivity contribution in [1.29, 1.82) is 0 Å². The molecule has 1 aromatic carbocycles. The van der Waals surface area contributed by atoms with Crippen molar-refractivity contribution in [2.45, 2.75) is 6.92 Å². The van der Waals surface area contributed by atoms with Gasteiger partial charge >= 0.3 is 5.97 Å². The largest absolute Gasteiger partial charge is 0.489 e. The molecule has 19 heavy (non-hydrogen) atoms. The van der Waals surface area contributed by atoms with Crippen LogP contribution in [0.3, 0.4) is 0 Å². The van der Waals surface area contributed by atoms with Gasteiger partial charge in [-0.3, -0.25) is 0 Å². The Kier molecular flexibility index (Phi) is 4.16. The number of aliphatic imine (C=N–C) groups is 1. The third-order valence-electron chi connectivity index (χ3n) is 2.35. The highest BCUT2D eigenvalue weighted by atomic mass is 79.9. The number of hydrogen-bond acceptors (Lipinski definition) is 4. The maximum absolute atomic E-state index is 11.5. The van der Waals surface area contributed by atoms with E-state index in [0.717, 1.165) is 10.0 Å². The van der Waals surface area contributed by atoms with Gasteiger partial charge in [-0.25, -0.2) is 9.79 Å². The third kappa shape index (κ3) is 3.32. The zero-order valence-corrected chi connectivity index (χ0v) is 11.9. The Morgan fingerprint density at radius 1 is 1.53 bits per heavy atom. The topological polar surface area (TPSA) is 47.9 Å². The van der Waals surface area contributed by atoms with Crippen LogP contribution in [0.5, 0.6) is 5.75 Å². The van der Waals surface area contributed by atoms with Crippen LogP contribution in [0.25, 0.3) is 6.08 Å². The fourth-order valence-electron chi connectivity index (χ4n) is 1.58. The van der Waals surface area contributed by atoms with Crippen molar-refractivity contribution in [2.24, 2.45) is 4.99 Å². The number of benzene rings is 1. The molecule has 98 valence electrons. The Balaban J connectivity index is 2.38. The van der Waals surface area contributed by atoms with Crippen LogP contribution in [0.2, 0.25) is 0 Å². The number of ether oxygens (including phenoxy) is 2. The summed E-state index contributed by atoms with van der Waals surface area (Å²) in [6, 6.07) is 5.53. The highest BCUT2D eigenvalue weighted by Crippen LogP contribution is 2.27. The molecule has 0 radical (unpaired) electrons. The number of cyclic esters (lactones) is 1. The predicted molar refractivity (Wildman–Crippen MR) is 77.0 cm³/mol. The molecule has 5 heteroatoms. The molecule has 0 aromatic heterocycles. The van der Waals surface area contributed by atoms with Gasteiger partial charge in [0.1, 0.15) is 12.4 Å². The second-order valence-electron chi connectivity index (χ2n) is 3.83. The Labute approximate surface area is 119 Å². The predicted octanol–water partition coefficient (Wildman–Crippen LogP) is 3.33. The Hall–Kier alpha value is -1.88. The van der Waals surface area contributed by atoms with Crippen molar-refractivity contribution in [3.8, 4) is 5.75 Å². The van der Waals surface area contributed by atoms with Crippen LogP contribution in [0.1, 0.15) is 12.5 Å². The van der Waals surface area contributed by atoms with E-state index < -0.39 is 5.97 Å². The monoisotopic (exact) mass is 321 g/mol. The fourth-order valence-corrected chi connectivity index (χ4v) is 1.95. The first-order valence-electron chi connectivity index (χ1n) is 5.62. The molecule has 4 nitrogen and oxygen atoms in total. The van der Waals surface area contributed by atoms with E-state index in [-0.39, 0.29) is 5.70 Å². The lowest BCUT2D eigenvalue weighted by Crippen LogP contribution is -2.00.